The summed E-state index contributed by atoms with van der Waals surface area (Å²) in [4.78, 5) is 12.8. The molecule has 2 rings (SSSR count). The smallest absolute Gasteiger partial charge is 0.252 e. The summed E-state index contributed by atoms with van der Waals surface area (Å²) >= 11 is 4.38. The number of carbonyl (C=O) groups is 1. The molecule has 0 radical (unpaired) electrons. The maximum Gasteiger partial charge on any atom is 0.252 e. The van der Waals surface area contributed by atoms with Gasteiger partial charge in [0.05, 0.1) is 12.1 Å². The highest BCUT2D eigenvalue weighted by molar-refractivity contribution is 9.10. The Kier molecular flexibility index (Phi) is 4.82. The molecule has 0 saturated carbocycles. The van der Waals surface area contributed by atoms with Crippen LogP contribution in [0.4, 0.5) is 0 Å². The number of rotatable bonds is 4. The number of benzene rings is 1. The maximum absolute atomic E-state index is 12.1. The van der Waals surface area contributed by atoms with Crippen LogP contribution in [-0.2, 0) is 16.6 Å². The molecule has 0 saturated heterocycles. The average Bonchev–Trinajstić information content (AvgIpc) is 2.87. The highest BCUT2D eigenvalue weighted by Gasteiger charge is 2.13. The minimum atomic E-state index is -3.69. The molecule has 0 unspecified atom stereocenters. The van der Waals surface area contributed by atoms with E-state index in [-0.39, 0.29) is 16.7 Å². The normalized spacial score (nSPS) is 11.4. The Hall–Kier alpha value is -1.22. The Labute approximate surface area is 135 Å². The Morgan fingerprint density at radius 2 is 2.05 bits per heavy atom. The molecule has 0 atom stereocenters. The van der Waals surface area contributed by atoms with Gasteiger partial charge in [-0.3, -0.25) is 4.79 Å². The topological polar surface area (TPSA) is 89.3 Å². The molecule has 3 N–H and O–H groups in total. The summed E-state index contributed by atoms with van der Waals surface area (Å²) < 4.78 is 23.2. The summed E-state index contributed by atoms with van der Waals surface area (Å²) in [7, 11) is -3.69. The van der Waals surface area contributed by atoms with Gasteiger partial charge in [0.25, 0.3) is 5.91 Å². The minimum Gasteiger partial charge on any atom is -0.347 e. The molecule has 8 heteroatoms. The first kappa shape index (κ1) is 16.2. The van der Waals surface area contributed by atoms with Crippen molar-refractivity contribution in [3.8, 4) is 0 Å². The summed E-state index contributed by atoms with van der Waals surface area (Å²) in [6.07, 6.45) is 0. The monoisotopic (exact) mass is 388 g/mol. The van der Waals surface area contributed by atoms with Crippen molar-refractivity contribution < 1.29 is 13.2 Å². The summed E-state index contributed by atoms with van der Waals surface area (Å²) in [6.45, 7) is 2.15. The van der Waals surface area contributed by atoms with Crippen molar-refractivity contribution in [2.24, 2.45) is 5.14 Å². The third kappa shape index (κ3) is 4.13. The van der Waals surface area contributed by atoms with Crippen LogP contribution in [0, 0.1) is 6.92 Å². The number of nitrogens with one attached hydrogen (secondary N) is 1. The zero-order chi connectivity index (χ0) is 15.6. The van der Waals surface area contributed by atoms with E-state index in [4.69, 9.17) is 5.14 Å². The first-order valence-electron chi connectivity index (χ1n) is 5.93. The van der Waals surface area contributed by atoms with Crippen molar-refractivity contribution in [3.63, 3.8) is 0 Å². The number of hydrogen-bond donors (Lipinski definition) is 2. The molecule has 1 aromatic carbocycles. The van der Waals surface area contributed by atoms with Gasteiger partial charge in [0, 0.05) is 9.35 Å². The van der Waals surface area contributed by atoms with Gasteiger partial charge in [-0.15, -0.1) is 11.3 Å². The third-order valence-electron chi connectivity index (χ3n) is 2.71. The number of carbonyl (C=O) groups excluding carboxylic acids is 1. The molecule has 0 aliphatic heterocycles. The molecule has 21 heavy (non-hydrogen) atoms. The lowest BCUT2D eigenvalue weighted by atomic mass is 10.1. The van der Waals surface area contributed by atoms with Gasteiger partial charge in [0.2, 0.25) is 10.0 Å². The first-order valence-corrected chi connectivity index (χ1v) is 9.09. The molecule has 1 amide bonds. The summed E-state index contributed by atoms with van der Waals surface area (Å²) in [5.74, 6) is -0.226. The van der Waals surface area contributed by atoms with Crippen molar-refractivity contribution in [2.45, 2.75) is 17.7 Å². The fraction of sp³-hybridized carbons (Fsp3) is 0.154. The van der Waals surface area contributed by atoms with Gasteiger partial charge in [0.1, 0.15) is 4.21 Å². The van der Waals surface area contributed by atoms with Gasteiger partial charge in [0.15, 0.2) is 0 Å². The lowest BCUT2D eigenvalue weighted by Gasteiger charge is -2.06. The number of halogens is 1. The van der Waals surface area contributed by atoms with Crippen LogP contribution in [0.1, 0.15) is 20.8 Å². The Balaban J connectivity index is 2.08. The summed E-state index contributed by atoms with van der Waals surface area (Å²) in [6, 6.07) is 8.57. The SMILES string of the molecule is Cc1ccc(Br)c(C(=O)NCc2ccc(S(N)(=O)=O)s2)c1. The zero-order valence-corrected chi connectivity index (χ0v) is 14.3. The Morgan fingerprint density at radius 3 is 2.67 bits per heavy atom. The predicted molar refractivity (Wildman–Crippen MR) is 85.7 cm³/mol. The van der Waals surface area contributed by atoms with Crippen molar-refractivity contribution in [1.82, 2.24) is 5.32 Å². The van der Waals surface area contributed by atoms with Crippen LogP contribution in [0.3, 0.4) is 0 Å². The molecular formula is C13H13BrN2O3S2. The van der Waals surface area contributed by atoms with Crippen LogP contribution in [0.25, 0.3) is 0 Å². The van der Waals surface area contributed by atoms with E-state index in [2.05, 4.69) is 21.2 Å². The van der Waals surface area contributed by atoms with Crippen molar-refractivity contribution >= 4 is 43.2 Å². The van der Waals surface area contributed by atoms with E-state index < -0.39 is 10.0 Å². The number of primary sulfonamides is 1. The lowest BCUT2D eigenvalue weighted by Crippen LogP contribution is -2.22. The van der Waals surface area contributed by atoms with Crippen molar-refractivity contribution in [3.05, 3.63) is 50.8 Å². The summed E-state index contributed by atoms with van der Waals surface area (Å²) in [5, 5.41) is 7.80. The molecule has 0 aliphatic carbocycles. The molecule has 5 nitrogen and oxygen atoms in total. The molecule has 2 aromatic rings. The molecule has 0 aliphatic rings. The number of amides is 1. The van der Waals surface area contributed by atoms with E-state index in [0.29, 0.717) is 10.0 Å². The van der Waals surface area contributed by atoms with E-state index in [0.717, 1.165) is 21.8 Å². The molecule has 1 aromatic heterocycles. The zero-order valence-electron chi connectivity index (χ0n) is 11.1. The summed E-state index contributed by atoms with van der Waals surface area (Å²) in [5.41, 5.74) is 1.52. The number of thiophene rings is 1. The van der Waals surface area contributed by atoms with E-state index in [1.165, 1.54) is 6.07 Å². The Bertz CT molecular complexity index is 784. The van der Waals surface area contributed by atoms with Crippen LogP contribution in [-0.4, -0.2) is 14.3 Å². The molecule has 0 bridgehead atoms. The van der Waals surface area contributed by atoms with Crippen LogP contribution in [0.5, 0.6) is 0 Å². The molecule has 1 heterocycles. The third-order valence-corrected chi connectivity index (χ3v) is 5.92. The number of aryl methyl sites for hydroxylation is 1. The largest absolute Gasteiger partial charge is 0.347 e. The fourth-order valence-electron chi connectivity index (χ4n) is 1.68. The number of nitrogens with two attached hydrogens (primary N) is 1. The minimum absolute atomic E-state index is 0.0866. The molecule has 0 fully saturated rings. The highest BCUT2D eigenvalue weighted by Crippen LogP contribution is 2.21. The van der Waals surface area contributed by atoms with Gasteiger partial charge in [-0.2, -0.15) is 0 Å². The van der Waals surface area contributed by atoms with Gasteiger partial charge in [-0.1, -0.05) is 11.6 Å². The maximum atomic E-state index is 12.1. The molecule has 0 spiro atoms. The van der Waals surface area contributed by atoms with E-state index in [9.17, 15) is 13.2 Å². The molecular weight excluding hydrogens is 376 g/mol. The Morgan fingerprint density at radius 1 is 1.33 bits per heavy atom. The van der Waals surface area contributed by atoms with E-state index in [1.54, 1.807) is 12.1 Å². The van der Waals surface area contributed by atoms with E-state index in [1.807, 2.05) is 19.1 Å². The van der Waals surface area contributed by atoms with Gasteiger partial charge in [-0.05, 0) is 47.1 Å². The molecule has 112 valence electrons. The number of sulfonamides is 1. The lowest BCUT2D eigenvalue weighted by molar-refractivity contribution is 0.0950. The van der Waals surface area contributed by atoms with Crippen molar-refractivity contribution in [2.75, 3.05) is 0 Å². The fourth-order valence-corrected chi connectivity index (χ4v) is 3.83. The quantitative estimate of drug-likeness (QED) is 0.842. The first-order chi connectivity index (χ1) is 9.77. The van der Waals surface area contributed by atoms with Crippen molar-refractivity contribution in [1.29, 1.82) is 0 Å². The second kappa shape index (κ2) is 6.27. The second-order valence-electron chi connectivity index (χ2n) is 4.43. The van der Waals surface area contributed by atoms with Crippen LogP contribution < -0.4 is 10.5 Å². The van der Waals surface area contributed by atoms with Crippen LogP contribution >= 0.6 is 27.3 Å². The van der Waals surface area contributed by atoms with Crippen LogP contribution in [0.15, 0.2) is 39.0 Å². The average molecular weight is 389 g/mol. The van der Waals surface area contributed by atoms with Gasteiger partial charge < -0.3 is 5.32 Å². The standard InChI is InChI=1S/C13H13BrN2O3S2/c1-8-2-4-11(14)10(6-8)13(17)16-7-9-3-5-12(20-9)21(15,18)19/h2-6H,7H2,1H3,(H,16,17)(H2,15,18,19). The highest BCUT2D eigenvalue weighted by atomic mass is 79.9. The van der Waals surface area contributed by atoms with Gasteiger partial charge >= 0.3 is 0 Å². The van der Waals surface area contributed by atoms with Gasteiger partial charge in [-0.25, -0.2) is 13.6 Å². The van der Waals surface area contributed by atoms with E-state index >= 15 is 0 Å². The second-order valence-corrected chi connectivity index (χ2v) is 8.24. The van der Waals surface area contributed by atoms with Crippen LogP contribution in [0.2, 0.25) is 0 Å². The predicted octanol–water partition coefficient (Wildman–Crippen LogP) is 2.40. The number of hydrogen-bond acceptors (Lipinski definition) is 4.